The fraction of sp³-hybridized carbons (Fsp3) is 0.350. The van der Waals surface area contributed by atoms with Crippen molar-refractivity contribution in [2.75, 3.05) is 0 Å². The summed E-state index contributed by atoms with van der Waals surface area (Å²) in [6.45, 7) is 0.538. The number of nitrogens with zero attached hydrogens (tertiary/aromatic N) is 1. The van der Waals surface area contributed by atoms with Crippen LogP contribution in [0.3, 0.4) is 0 Å². The molecule has 3 nitrogen and oxygen atoms in total. The average Bonchev–Trinajstić information content (AvgIpc) is 2.61. The minimum atomic E-state index is -0.430. The van der Waals surface area contributed by atoms with E-state index < -0.39 is 6.10 Å². The molecule has 2 aromatic rings. The van der Waals surface area contributed by atoms with Gasteiger partial charge in [-0.2, -0.15) is 0 Å². The van der Waals surface area contributed by atoms with Crippen molar-refractivity contribution >= 4 is 5.91 Å². The van der Waals surface area contributed by atoms with E-state index in [4.69, 9.17) is 0 Å². The van der Waals surface area contributed by atoms with Crippen LogP contribution in [-0.2, 0) is 6.54 Å². The molecule has 2 unspecified atom stereocenters. The largest absolute Gasteiger partial charge is 0.391 e. The van der Waals surface area contributed by atoms with Crippen molar-refractivity contribution in [3.63, 3.8) is 0 Å². The van der Waals surface area contributed by atoms with Gasteiger partial charge in [-0.05, 0) is 30.5 Å². The number of carbonyl (C=O) groups excluding carboxylic acids is 1. The van der Waals surface area contributed by atoms with Crippen molar-refractivity contribution in [3.8, 4) is 0 Å². The summed E-state index contributed by atoms with van der Waals surface area (Å²) < 4.78 is 0. The highest BCUT2D eigenvalue weighted by molar-refractivity contribution is 5.94. The Labute approximate surface area is 137 Å². The summed E-state index contributed by atoms with van der Waals surface area (Å²) in [5.74, 6) is 0.000373. The zero-order valence-corrected chi connectivity index (χ0v) is 13.3. The molecule has 0 heterocycles. The highest BCUT2D eigenvalue weighted by Gasteiger charge is 2.32. The maximum atomic E-state index is 13.0. The predicted molar refractivity (Wildman–Crippen MR) is 91.0 cm³/mol. The Morgan fingerprint density at radius 1 is 0.957 bits per heavy atom. The van der Waals surface area contributed by atoms with Gasteiger partial charge in [0.05, 0.1) is 12.1 Å². The van der Waals surface area contributed by atoms with Crippen LogP contribution < -0.4 is 0 Å². The fourth-order valence-electron chi connectivity index (χ4n) is 3.32. The number of hydrogen-bond donors (Lipinski definition) is 1. The van der Waals surface area contributed by atoms with Crippen LogP contribution in [0.1, 0.15) is 41.6 Å². The van der Waals surface area contributed by atoms with E-state index in [0.717, 1.165) is 31.2 Å². The molecule has 3 heteroatoms. The first-order chi connectivity index (χ1) is 11.3. The Morgan fingerprint density at radius 3 is 2.22 bits per heavy atom. The van der Waals surface area contributed by atoms with Crippen LogP contribution in [0.2, 0.25) is 0 Å². The van der Waals surface area contributed by atoms with Crippen LogP contribution in [0, 0.1) is 0 Å². The minimum absolute atomic E-state index is 0.000373. The lowest BCUT2D eigenvalue weighted by Gasteiger charge is -2.38. The van der Waals surface area contributed by atoms with Gasteiger partial charge in [0.15, 0.2) is 0 Å². The number of amides is 1. The molecule has 3 rings (SSSR count). The smallest absolute Gasteiger partial charge is 0.254 e. The van der Waals surface area contributed by atoms with Gasteiger partial charge in [0.1, 0.15) is 0 Å². The second-order valence-corrected chi connectivity index (χ2v) is 6.20. The van der Waals surface area contributed by atoms with Gasteiger partial charge in [0.2, 0.25) is 0 Å². The minimum Gasteiger partial charge on any atom is -0.391 e. The second-order valence-electron chi connectivity index (χ2n) is 6.20. The number of rotatable bonds is 4. The highest BCUT2D eigenvalue weighted by Crippen LogP contribution is 2.26. The van der Waals surface area contributed by atoms with Crippen LogP contribution in [0.15, 0.2) is 60.7 Å². The van der Waals surface area contributed by atoms with Gasteiger partial charge in [0, 0.05) is 12.1 Å². The van der Waals surface area contributed by atoms with E-state index in [2.05, 4.69) is 0 Å². The highest BCUT2D eigenvalue weighted by atomic mass is 16.3. The van der Waals surface area contributed by atoms with Crippen LogP contribution in [0.4, 0.5) is 0 Å². The molecule has 0 aromatic heterocycles. The lowest BCUT2D eigenvalue weighted by atomic mass is 9.90. The van der Waals surface area contributed by atoms with Gasteiger partial charge in [0.25, 0.3) is 5.91 Å². The first-order valence-corrected chi connectivity index (χ1v) is 8.34. The number of benzene rings is 2. The molecule has 2 atom stereocenters. The summed E-state index contributed by atoms with van der Waals surface area (Å²) in [5, 5.41) is 10.4. The maximum Gasteiger partial charge on any atom is 0.254 e. The zero-order valence-electron chi connectivity index (χ0n) is 13.3. The van der Waals surface area contributed by atoms with Gasteiger partial charge < -0.3 is 10.0 Å². The van der Waals surface area contributed by atoms with Crippen LogP contribution >= 0.6 is 0 Å². The number of aliphatic hydroxyl groups is 1. The predicted octanol–water partition coefficient (Wildman–Crippen LogP) is 3.63. The molecule has 0 saturated heterocycles. The van der Waals surface area contributed by atoms with Gasteiger partial charge >= 0.3 is 0 Å². The lowest BCUT2D eigenvalue weighted by molar-refractivity contribution is 0.0149. The van der Waals surface area contributed by atoms with E-state index in [1.54, 1.807) is 0 Å². The summed E-state index contributed by atoms with van der Waals surface area (Å²) in [4.78, 5) is 14.9. The summed E-state index contributed by atoms with van der Waals surface area (Å²) in [6, 6.07) is 19.3. The van der Waals surface area contributed by atoms with Crippen LogP contribution in [0.5, 0.6) is 0 Å². The molecular weight excluding hydrogens is 286 g/mol. The zero-order chi connectivity index (χ0) is 16.1. The molecule has 1 aliphatic rings. The Bertz CT molecular complexity index is 627. The summed E-state index contributed by atoms with van der Waals surface area (Å²) in [6.07, 6.45) is 3.32. The van der Waals surface area contributed by atoms with Crippen molar-refractivity contribution in [1.29, 1.82) is 0 Å². The molecule has 0 bridgehead atoms. The number of hydrogen-bond acceptors (Lipinski definition) is 2. The monoisotopic (exact) mass is 309 g/mol. The number of carbonyl (C=O) groups is 1. The third-order valence-corrected chi connectivity index (χ3v) is 4.57. The molecule has 0 aliphatic heterocycles. The SMILES string of the molecule is O=C(c1ccccc1)N(Cc1ccccc1)C1CCCCC1O. The Hall–Kier alpha value is -2.13. The van der Waals surface area contributed by atoms with Crippen molar-refractivity contribution in [1.82, 2.24) is 4.90 Å². The van der Waals surface area contributed by atoms with E-state index in [-0.39, 0.29) is 11.9 Å². The second kappa shape index (κ2) is 7.42. The standard InChI is InChI=1S/C20H23NO2/c22-19-14-8-7-13-18(19)21(15-16-9-3-1-4-10-16)20(23)17-11-5-2-6-12-17/h1-6,9-12,18-19,22H,7-8,13-15H2. The van der Waals surface area contributed by atoms with Gasteiger partial charge in [-0.3, -0.25) is 4.79 Å². The molecule has 0 radical (unpaired) electrons. The normalized spacial score (nSPS) is 20.9. The van der Waals surface area contributed by atoms with Gasteiger partial charge in [-0.15, -0.1) is 0 Å². The van der Waals surface area contributed by atoms with Gasteiger partial charge in [-0.1, -0.05) is 61.4 Å². The molecule has 1 saturated carbocycles. The van der Waals surface area contributed by atoms with E-state index in [1.807, 2.05) is 65.6 Å². The third kappa shape index (κ3) is 3.80. The maximum absolute atomic E-state index is 13.0. The Balaban J connectivity index is 1.87. The number of aliphatic hydroxyl groups excluding tert-OH is 1. The lowest BCUT2D eigenvalue weighted by Crippen LogP contribution is -2.48. The molecular formula is C20H23NO2. The summed E-state index contributed by atoms with van der Waals surface area (Å²) >= 11 is 0. The van der Waals surface area contributed by atoms with Crippen molar-refractivity contribution in [2.45, 2.75) is 44.4 Å². The first kappa shape index (κ1) is 15.8. The molecule has 1 N–H and O–H groups in total. The summed E-state index contributed by atoms with van der Waals surface area (Å²) in [5.41, 5.74) is 1.77. The van der Waals surface area contributed by atoms with Crippen LogP contribution in [0.25, 0.3) is 0 Å². The molecule has 23 heavy (non-hydrogen) atoms. The average molecular weight is 309 g/mol. The van der Waals surface area contributed by atoms with E-state index in [0.29, 0.717) is 12.1 Å². The first-order valence-electron chi connectivity index (χ1n) is 8.34. The van der Waals surface area contributed by atoms with E-state index in [9.17, 15) is 9.90 Å². The van der Waals surface area contributed by atoms with Crippen molar-refractivity contribution < 1.29 is 9.90 Å². The topological polar surface area (TPSA) is 40.5 Å². The third-order valence-electron chi connectivity index (χ3n) is 4.57. The quantitative estimate of drug-likeness (QED) is 0.937. The van der Waals surface area contributed by atoms with Crippen molar-refractivity contribution in [3.05, 3.63) is 71.8 Å². The van der Waals surface area contributed by atoms with E-state index in [1.165, 1.54) is 0 Å². The van der Waals surface area contributed by atoms with E-state index >= 15 is 0 Å². The molecule has 1 amide bonds. The molecule has 1 fully saturated rings. The van der Waals surface area contributed by atoms with Crippen molar-refractivity contribution in [2.24, 2.45) is 0 Å². The Kier molecular flexibility index (Phi) is 5.09. The fourth-order valence-corrected chi connectivity index (χ4v) is 3.32. The Morgan fingerprint density at radius 2 is 1.57 bits per heavy atom. The molecule has 0 spiro atoms. The molecule has 120 valence electrons. The van der Waals surface area contributed by atoms with Gasteiger partial charge in [-0.25, -0.2) is 0 Å². The molecule has 1 aliphatic carbocycles. The van der Waals surface area contributed by atoms with Crippen LogP contribution in [-0.4, -0.2) is 28.1 Å². The summed E-state index contributed by atoms with van der Waals surface area (Å²) in [7, 11) is 0. The molecule has 2 aromatic carbocycles.